The van der Waals surface area contributed by atoms with Gasteiger partial charge in [0.2, 0.25) is 0 Å². The lowest BCUT2D eigenvalue weighted by atomic mass is 10.2. The highest BCUT2D eigenvalue weighted by Gasteiger charge is 2.07. The van der Waals surface area contributed by atoms with Crippen molar-refractivity contribution in [1.82, 2.24) is 5.32 Å². The van der Waals surface area contributed by atoms with Gasteiger partial charge in [0.25, 0.3) is 5.91 Å². The van der Waals surface area contributed by atoms with E-state index < -0.39 is 6.10 Å². The van der Waals surface area contributed by atoms with Gasteiger partial charge < -0.3 is 10.4 Å². The minimum absolute atomic E-state index is 0.152. The summed E-state index contributed by atoms with van der Waals surface area (Å²) in [6.07, 6.45) is 0.164. The van der Waals surface area contributed by atoms with Gasteiger partial charge in [-0.1, -0.05) is 12.1 Å². The Bertz CT molecular complexity index is 339. The Morgan fingerprint density at radius 3 is 2.80 bits per heavy atom. The van der Waals surface area contributed by atoms with Crippen LogP contribution in [0.2, 0.25) is 0 Å². The normalized spacial score (nSPS) is 12.2. The van der Waals surface area contributed by atoms with Crippen LogP contribution in [0.4, 0.5) is 0 Å². The molecule has 0 heterocycles. The van der Waals surface area contributed by atoms with Gasteiger partial charge in [0.05, 0.1) is 11.7 Å². The van der Waals surface area contributed by atoms with Crippen molar-refractivity contribution < 1.29 is 9.90 Å². The maximum Gasteiger partial charge on any atom is 0.252 e. The van der Waals surface area contributed by atoms with E-state index in [1.54, 1.807) is 25.1 Å². The number of rotatable bonds is 4. The van der Waals surface area contributed by atoms with E-state index in [0.29, 0.717) is 23.4 Å². The van der Waals surface area contributed by atoms with E-state index >= 15 is 0 Å². The van der Waals surface area contributed by atoms with Gasteiger partial charge >= 0.3 is 0 Å². The zero-order chi connectivity index (χ0) is 11.3. The summed E-state index contributed by atoms with van der Waals surface area (Å²) in [6.45, 7) is 2.16. The zero-order valence-corrected chi connectivity index (χ0v) is 9.50. The van der Waals surface area contributed by atoms with E-state index in [-0.39, 0.29) is 5.91 Å². The molecule has 0 saturated heterocycles. The molecule has 4 heteroatoms. The standard InChI is InChI=1S/C11H15NO2S/c1-8(13)6-7-12-11(14)9-4-2-3-5-10(9)15/h2-5,8,13,15H,6-7H2,1H3,(H,12,14). The van der Waals surface area contributed by atoms with Crippen molar-refractivity contribution in [2.75, 3.05) is 6.54 Å². The summed E-state index contributed by atoms with van der Waals surface area (Å²) in [4.78, 5) is 12.3. The maximum absolute atomic E-state index is 11.6. The van der Waals surface area contributed by atoms with Gasteiger partial charge in [-0.05, 0) is 25.5 Å². The number of amides is 1. The number of benzene rings is 1. The highest BCUT2D eigenvalue weighted by molar-refractivity contribution is 7.80. The second kappa shape index (κ2) is 5.78. The fourth-order valence-corrected chi connectivity index (χ4v) is 1.42. The molecule has 0 saturated carbocycles. The molecule has 1 atom stereocenters. The minimum atomic E-state index is -0.392. The van der Waals surface area contributed by atoms with Crippen molar-refractivity contribution >= 4 is 18.5 Å². The number of aliphatic hydroxyl groups is 1. The fraction of sp³-hybridized carbons (Fsp3) is 0.364. The van der Waals surface area contributed by atoms with Crippen LogP contribution in [0.1, 0.15) is 23.7 Å². The number of thiol groups is 1. The third-order valence-corrected chi connectivity index (χ3v) is 2.39. The first-order valence-electron chi connectivity index (χ1n) is 4.85. The molecule has 0 aliphatic heterocycles. The van der Waals surface area contributed by atoms with Gasteiger partial charge in [0.1, 0.15) is 0 Å². The summed E-state index contributed by atoms with van der Waals surface area (Å²) >= 11 is 4.19. The summed E-state index contributed by atoms with van der Waals surface area (Å²) in [5.41, 5.74) is 0.562. The molecule has 3 nitrogen and oxygen atoms in total. The number of hydrogen-bond acceptors (Lipinski definition) is 3. The topological polar surface area (TPSA) is 49.3 Å². The Morgan fingerprint density at radius 1 is 1.53 bits per heavy atom. The van der Waals surface area contributed by atoms with Crippen LogP contribution in [0.5, 0.6) is 0 Å². The highest BCUT2D eigenvalue weighted by atomic mass is 32.1. The summed E-state index contributed by atoms with van der Waals surface area (Å²) < 4.78 is 0. The minimum Gasteiger partial charge on any atom is -0.393 e. The van der Waals surface area contributed by atoms with Gasteiger partial charge in [-0.2, -0.15) is 0 Å². The average molecular weight is 225 g/mol. The lowest BCUT2D eigenvalue weighted by molar-refractivity contribution is 0.0942. The number of carbonyl (C=O) groups is 1. The van der Waals surface area contributed by atoms with Gasteiger partial charge in [0, 0.05) is 11.4 Å². The van der Waals surface area contributed by atoms with Crippen molar-refractivity contribution in [1.29, 1.82) is 0 Å². The molecule has 1 rings (SSSR count). The third kappa shape index (κ3) is 3.93. The van der Waals surface area contributed by atoms with Crippen molar-refractivity contribution in [2.45, 2.75) is 24.3 Å². The average Bonchev–Trinajstić information content (AvgIpc) is 2.17. The van der Waals surface area contributed by atoms with Crippen LogP contribution in [0, 0.1) is 0 Å². The summed E-state index contributed by atoms with van der Waals surface area (Å²) in [5, 5.41) is 11.7. The van der Waals surface area contributed by atoms with Crippen LogP contribution >= 0.6 is 12.6 Å². The van der Waals surface area contributed by atoms with Crippen LogP contribution in [0.25, 0.3) is 0 Å². The first-order chi connectivity index (χ1) is 7.11. The van der Waals surface area contributed by atoms with Crippen molar-refractivity contribution in [3.8, 4) is 0 Å². The largest absolute Gasteiger partial charge is 0.393 e. The number of carbonyl (C=O) groups excluding carboxylic acids is 1. The van der Waals surface area contributed by atoms with E-state index in [1.807, 2.05) is 6.07 Å². The molecular formula is C11H15NO2S. The van der Waals surface area contributed by atoms with Gasteiger partial charge in [0.15, 0.2) is 0 Å². The van der Waals surface area contributed by atoms with Gasteiger partial charge in [-0.25, -0.2) is 0 Å². The second-order valence-corrected chi connectivity index (χ2v) is 3.89. The smallest absolute Gasteiger partial charge is 0.252 e. The zero-order valence-electron chi connectivity index (χ0n) is 8.60. The second-order valence-electron chi connectivity index (χ2n) is 3.41. The van der Waals surface area contributed by atoms with Crippen molar-refractivity contribution in [3.05, 3.63) is 29.8 Å². The Balaban J connectivity index is 2.51. The molecule has 1 unspecified atom stereocenters. The Labute approximate surface area is 94.9 Å². The Kier molecular flexibility index (Phi) is 4.65. The van der Waals surface area contributed by atoms with Crippen LogP contribution in [0.3, 0.4) is 0 Å². The van der Waals surface area contributed by atoms with Gasteiger partial charge in [-0.15, -0.1) is 12.6 Å². The van der Waals surface area contributed by atoms with Crippen LogP contribution in [0.15, 0.2) is 29.2 Å². The van der Waals surface area contributed by atoms with Crippen LogP contribution in [-0.4, -0.2) is 23.7 Å². The maximum atomic E-state index is 11.6. The molecule has 0 spiro atoms. The lowest BCUT2D eigenvalue weighted by Gasteiger charge is -2.07. The molecule has 0 aromatic heterocycles. The molecular weight excluding hydrogens is 210 g/mol. The monoisotopic (exact) mass is 225 g/mol. The molecule has 1 aromatic rings. The predicted octanol–water partition coefficient (Wildman–Crippen LogP) is 1.48. The molecule has 1 aromatic carbocycles. The van der Waals surface area contributed by atoms with Crippen molar-refractivity contribution in [2.24, 2.45) is 0 Å². The SMILES string of the molecule is CC(O)CCNC(=O)c1ccccc1S. The molecule has 0 aliphatic carbocycles. The summed E-state index contributed by atoms with van der Waals surface area (Å²) in [5.74, 6) is -0.152. The lowest BCUT2D eigenvalue weighted by Crippen LogP contribution is -2.26. The summed E-state index contributed by atoms with van der Waals surface area (Å²) in [7, 11) is 0. The van der Waals surface area contributed by atoms with E-state index in [1.165, 1.54) is 0 Å². The quantitative estimate of drug-likeness (QED) is 0.680. The molecule has 0 radical (unpaired) electrons. The van der Waals surface area contributed by atoms with Crippen LogP contribution in [-0.2, 0) is 0 Å². The predicted molar refractivity (Wildman–Crippen MR) is 62.3 cm³/mol. The Hall–Kier alpha value is -1.00. The molecule has 0 aliphatic rings. The number of hydrogen-bond donors (Lipinski definition) is 3. The molecule has 2 N–H and O–H groups in total. The third-order valence-electron chi connectivity index (χ3n) is 2.00. The first kappa shape index (κ1) is 12.1. The summed E-state index contributed by atoms with van der Waals surface area (Å²) in [6, 6.07) is 7.12. The molecule has 1 amide bonds. The molecule has 0 fully saturated rings. The van der Waals surface area contributed by atoms with Gasteiger partial charge in [-0.3, -0.25) is 4.79 Å². The van der Waals surface area contributed by atoms with Crippen molar-refractivity contribution in [3.63, 3.8) is 0 Å². The van der Waals surface area contributed by atoms with E-state index in [2.05, 4.69) is 17.9 Å². The number of aliphatic hydroxyl groups excluding tert-OH is 1. The number of nitrogens with one attached hydrogen (secondary N) is 1. The molecule has 82 valence electrons. The first-order valence-corrected chi connectivity index (χ1v) is 5.30. The highest BCUT2D eigenvalue weighted by Crippen LogP contribution is 2.12. The van der Waals surface area contributed by atoms with E-state index in [4.69, 9.17) is 5.11 Å². The van der Waals surface area contributed by atoms with Crippen LogP contribution < -0.4 is 5.32 Å². The molecule has 15 heavy (non-hydrogen) atoms. The fourth-order valence-electron chi connectivity index (χ4n) is 1.16. The van der Waals surface area contributed by atoms with E-state index in [0.717, 1.165) is 0 Å². The molecule has 0 bridgehead atoms. The Morgan fingerprint density at radius 2 is 2.20 bits per heavy atom. The van der Waals surface area contributed by atoms with E-state index in [9.17, 15) is 4.79 Å².